The molecule has 0 saturated carbocycles. The SMILES string of the molecule is CCOc1ncc(-c2ccccc2)c2ccccc12. The predicted octanol–water partition coefficient (Wildman–Crippen LogP) is 4.30. The molecule has 0 N–H and O–H groups in total. The van der Waals surface area contributed by atoms with E-state index in [1.165, 1.54) is 10.9 Å². The van der Waals surface area contributed by atoms with Crippen molar-refractivity contribution in [3.05, 3.63) is 60.8 Å². The van der Waals surface area contributed by atoms with Crippen molar-refractivity contribution in [2.75, 3.05) is 6.61 Å². The lowest BCUT2D eigenvalue weighted by Gasteiger charge is -2.10. The van der Waals surface area contributed by atoms with E-state index in [-0.39, 0.29) is 0 Å². The number of hydrogen-bond acceptors (Lipinski definition) is 2. The van der Waals surface area contributed by atoms with E-state index in [2.05, 4.69) is 29.2 Å². The van der Waals surface area contributed by atoms with Gasteiger partial charge in [0.05, 0.1) is 6.61 Å². The van der Waals surface area contributed by atoms with Crippen LogP contribution in [0.15, 0.2) is 60.8 Å². The number of aromatic nitrogens is 1. The van der Waals surface area contributed by atoms with Crippen LogP contribution >= 0.6 is 0 Å². The molecule has 94 valence electrons. The Hall–Kier alpha value is -2.35. The molecule has 0 spiro atoms. The summed E-state index contributed by atoms with van der Waals surface area (Å²) in [5.41, 5.74) is 2.31. The highest BCUT2D eigenvalue weighted by molar-refractivity contribution is 5.98. The normalized spacial score (nSPS) is 10.6. The molecular formula is C17H15NO. The molecule has 2 nitrogen and oxygen atoms in total. The van der Waals surface area contributed by atoms with Gasteiger partial charge in [-0.25, -0.2) is 4.98 Å². The van der Waals surface area contributed by atoms with E-state index in [1.54, 1.807) is 0 Å². The van der Waals surface area contributed by atoms with E-state index in [0.29, 0.717) is 12.5 Å². The third-order valence-electron chi connectivity index (χ3n) is 3.12. The average Bonchev–Trinajstić information content (AvgIpc) is 2.49. The van der Waals surface area contributed by atoms with Gasteiger partial charge in [-0.15, -0.1) is 0 Å². The van der Waals surface area contributed by atoms with Crippen molar-refractivity contribution >= 4 is 10.8 Å². The fraction of sp³-hybridized carbons (Fsp3) is 0.118. The number of nitrogens with zero attached hydrogens (tertiary/aromatic N) is 1. The average molecular weight is 249 g/mol. The maximum Gasteiger partial charge on any atom is 0.221 e. The lowest BCUT2D eigenvalue weighted by atomic mass is 10.0. The monoisotopic (exact) mass is 249 g/mol. The highest BCUT2D eigenvalue weighted by atomic mass is 16.5. The summed E-state index contributed by atoms with van der Waals surface area (Å²) in [6.45, 7) is 2.60. The van der Waals surface area contributed by atoms with Crippen LogP contribution in [0.4, 0.5) is 0 Å². The van der Waals surface area contributed by atoms with Gasteiger partial charge in [0.25, 0.3) is 0 Å². The fourth-order valence-corrected chi connectivity index (χ4v) is 2.27. The van der Waals surface area contributed by atoms with Crippen molar-refractivity contribution in [3.63, 3.8) is 0 Å². The zero-order valence-corrected chi connectivity index (χ0v) is 10.8. The van der Waals surface area contributed by atoms with Crippen molar-refractivity contribution in [2.45, 2.75) is 6.92 Å². The zero-order valence-electron chi connectivity index (χ0n) is 10.8. The predicted molar refractivity (Wildman–Crippen MR) is 78.3 cm³/mol. The maximum absolute atomic E-state index is 5.60. The molecule has 0 saturated heterocycles. The second-order valence-electron chi connectivity index (χ2n) is 4.32. The zero-order chi connectivity index (χ0) is 13.1. The molecule has 0 amide bonds. The molecule has 3 rings (SSSR count). The Morgan fingerprint density at radius 1 is 0.895 bits per heavy atom. The molecule has 2 aromatic carbocycles. The Balaban J connectivity index is 2.25. The quantitative estimate of drug-likeness (QED) is 0.690. The number of pyridine rings is 1. The summed E-state index contributed by atoms with van der Waals surface area (Å²) < 4.78 is 5.60. The third-order valence-corrected chi connectivity index (χ3v) is 3.12. The summed E-state index contributed by atoms with van der Waals surface area (Å²) in [4.78, 5) is 4.45. The summed E-state index contributed by atoms with van der Waals surface area (Å²) >= 11 is 0. The van der Waals surface area contributed by atoms with Crippen molar-refractivity contribution in [2.24, 2.45) is 0 Å². The lowest BCUT2D eigenvalue weighted by molar-refractivity contribution is 0.331. The molecule has 1 aromatic heterocycles. The van der Waals surface area contributed by atoms with Gasteiger partial charge in [0, 0.05) is 17.1 Å². The standard InChI is InChI=1S/C17H15NO/c1-2-19-17-15-11-7-6-10-14(15)16(12-18-17)13-8-4-3-5-9-13/h3-12H,2H2,1H3. The summed E-state index contributed by atoms with van der Waals surface area (Å²) in [5.74, 6) is 0.706. The molecule has 0 aliphatic heterocycles. The van der Waals surface area contributed by atoms with Crippen LogP contribution in [-0.2, 0) is 0 Å². The first-order valence-corrected chi connectivity index (χ1v) is 6.46. The van der Waals surface area contributed by atoms with Crippen molar-refractivity contribution in [1.29, 1.82) is 0 Å². The minimum atomic E-state index is 0.627. The van der Waals surface area contributed by atoms with E-state index in [1.807, 2.05) is 43.5 Å². The molecule has 0 aliphatic carbocycles. The first-order valence-electron chi connectivity index (χ1n) is 6.46. The first-order chi connectivity index (χ1) is 9.40. The lowest BCUT2D eigenvalue weighted by Crippen LogP contribution is -1.96. The van der Waals surface area contributed by atoms with Crippen molar-refractivity contribution in [1.82, 2.24) is 4.98 Å². The van der Waals surface area contributed by atoms with Gasteiger partial charge in [-0.2, -0.15) is 0 Å². The van der Waals surface area contributed by atoms with Crippen LogP contribution in [0.25, 0.3) is 21.9 Å². The van der Waals surface area contributed by atoms with E-state index in [0.717, 1.165) is 10.9 Å². The number of ether oxygens (including phenoxy) is 1. The highest BCUT2D eigenvalue weighted by Crippen LogP contribution is 2.32. The molecular weight excluding hydrogens is 234 g/mol. The Kier molecular flexibility index (Phi) is 3.15. The van der Waals surface area contributed by atoms with Gasteiger partial charge < -0.3 is 4.74 Å². The number of fused-ring (bicyclic) bond motifs is 1. The van der Waals surface area contributed by atoms with Crippen LogP contribution in [0.2, 0.25) is 0 Å². The van der Waals surface area contributed by atoms with Gasteiger partial charge in [0.1, 0.15) is 0 Å². The Labute approximate surface area is 112 Å². The fourth-order valence-electron chi connectivity index (χ4n) is 2.27. The van der Waals surface area contributed by atoms with E-state index < -0.39 is 0 Å². The smallest absolute Gasteiger partial charge is 0.221 e. The van der Waals surface area contributed by atoms with Crippen LogP contribution in [0, 0.1) is 0 Å². The molecule has 3 aromatic rings. The van der Waals surface area contributed by atoms with Gasteiger partial charge in [-0.05, 0) is 23.9 Å². The molecule has 0 fully saturated rings. The van der Waals surface area contributed by atoms with Crippen LogP contribution in [-0.4, -0.2) is 11.6 Å². The molecule has 0 radical (unpaired) electrons. The largest absolute Gasteiger partial charge is 0.478 e. The molecule has 19 heavy (non-hydrogen) atoms. The number of rotatable bonds is 3. The van der Waals surface area contributed by atoms with E-state index >= 15 is 0 Å². The topological polar surface area (TPSA) is 22.1 Å². The number of hydrogen-bond donors (Lipinski definition) is 0. The maximum atomic E-state index is 5.60. The van der Waals surface area contributed by atoms with E-state index in [9.17, 15) is 0 Å². The number of benzene rings is 2. The Morgan fingerprint density at radius 2 is 1.58 bits per heavy atom. The van der Waals surface area contributed by atoms with Gasteiger partial charge in [-0.1, -0.05) is 48.5 Å². The second-order valence-corrected chi connectivity index (χ2v) is 4.32. The van der Waals surface area contributed by atoms with Gasteiger partial charge in [-0.3, -0.25) is 0 Å². The van der Waals surface area contributed by atoms with Crippen LogP contribution in [0.1, 0.15) is 6.92 Å². The first kappa shape index (κ1) is 11.7. The summed E-state index contributed by atoms with van der Waals surface area (Å²) in [5, 5.41) is 2.23. The van der Waals surface area contributed by atoms with Crippen LogP contribution < -0.4 is 4.74 Å². The van der Waals surface area contributed by atoms with Crippen molar-refractivity contribution < 1.29 is 4.74 Å². The van der Waals surface area contributed by atoms with Crippen molar-refractivity contribution in [3.8, 4) is 17.0 Å². The minimum absolute atomic E-state index is 0.627. The minimum Gasteiger partial charge on any atom is -0.478 e. The van der Waals surface area contributed by atoms with Gasteiger partial charge in [0.15, 0.2) is 0 Å². The van der Waals surface area contributed by atoms with Crippen LogP contribution in [0.3, 0.4) is 0 Å². The molecule has 0 atom stereocenters. The van der Waals surface area contributed by atoms with E-state index in [4.69, 9.17) is 4.74 Å². The molecule has 0 bridgehead atoms. The summed E-state index contributed by atoms with van der Waals surface area (Å²) in [6.07, 6.45) is 1.89. The Morgan fingerprint density at radius 3 is 2.32 bits per heavy atom. The van der Waals surface area contributed by atoms with Gasteiger partial charge >= 0.3 is 0 Å². The summed E-state index contributed by atoms with van der Waals surface area (Å²) in [7, 11) is 0. The second kappa shape index (κ2) is 5.11. The third kappa shape index (κ3) is 2.17. The molecule has 0 unspecified atom stereocenters. The van der Waals surface area contributed by atoms with Crippen LogP contribution in [0.5, 0.6) is 5.88 Å². The highest BCUT2D eigenvalue weighted by Gasteiger charge is 2.08. The Bertz CT molecular complexity index is 692. The van der Waals surface area contributed by atoms with Gasteiger partial charge in [0.2, 0.25) is 5.88 Å². The molecule has 2 heteroatoms. The summed E-state index contributed by atoms with van der Waals surface area (Å²) in [6, 6.07) is 18.5. The molecule has 1 heterocycles. The molecule has 0 aliphatic rings.